The van der Waals surface area contributed by atoms with E-state index in [1.807, 2.05) is 7.05 Å². The lowest BCUT2D eigenvalue weighted by molar-refractivity contribution is 0.812. The Morgan fingerprint density at radius 1 is 1.24 bits per heavy atom. The lowest BCUT2D eigenvalue weighted by atomic mass is 10.1. The number of benzene rings is 1. The van der Waals surface area contributed by atoms with Crippen molar-refractivity contribution in [3.05, 3.63) is 45.6 Å². The van der Waals surface area contributed by atoms with E-state index in [4.69, 9.17) is 0 Å². The number of hydrogen-bond donors (Lipinski definition) is 2. The first-order valence-electron chi connectivity index (χ1n) is 5.71. The van der Waals surface area contributed by atoms with Gasteiger partial charge in [-0.1, -0.05) is 22.0 Å². The first-order chi connectivity index (χ1) is 8.11. The average Bonchev–Trinajstić information content (AvgIpc) is 2.64. The van der Waals surface area contributed by atoms with E-state index in [0.29, 0.717) is 0 Å². The Labute approximate surface area is 111 Å². The topological polar surface area (TPSA) is 27.8 Å². The molecule has 0 aliphatic heterocycles. The zero-order valence-corrected chi connectivity index (χ0v) is 12.0. The minimum absolute atomic E-state index is 0.898. The predicted molar refractivity (Wildman–Crippen MR) is 76.2 cm³/mol. The Kier molecular flexibility index (Phi) is 3.69. The van der Waals surface area contributed by atoms with Crippen molar-refractivity contribution in [3.63, 3.8) is 0 Å². The molecule has 0 aliphatic carbocycles. The molecule has 0 aliphatic rings. The van der Waals surface area contributed by atoms with Crippen LogP contribution in [0.3, 0.4) is 0 Å². The molecule has 1 aromatic carbocycles. The van der Waals surface area contributed by atoms with Gasteiger partial charge in [0.25, 0.3) is 0 Å². The SMILES string of the molecule is CNCc1cc(-c2cc(Br)ccc2C)[nH]c1C. The molecule has 1 aromatic heterocycles. The van der Waals surface area contributed by atoms with E-state index in [9.17, 15) is 0 Å². The van der Waals surface area contributed by atoms with E-state index in [0.717, 1.165) is 11.0 Å². The predicted octanol–water partition coefficient (Wildman–Crippen LogP) is 3.78. The molecule has 2 N–H and O–H groups in total. The molecule has 3 heteroatoms. The van der Waals surface area contributed by atoms with Crippen molar-refractivity contribution >= 4 is 15.9 Å². The lowest BCUT2D eigenvalue weighted by Crippen LogP contribution is -2.04. The Bertz CT molecular complexity index is 529. The monoisotopic (exact) mass is 292 g/mol. The highest BCUT2D eigenvalue weighted by molar-refractivity contribution is 9.10. The van der Waals surface area contributed by atoms with Crippen molar-refractivity contribution in [3.8, 4) is 11.3 Å². The summed E-state index contributed by atoms with van der Waals surface area (Å²) in [6.07, 6.45) is 0. The molecule has 90 valence electrons. The quantitative estimate of drug-likeness (QED) is 0.885. The lowest BCUT2D eigenvalue weighted by Gasteiger charge is -2.04. The Hall–Kier alpha value is -1.06. The van der Waals surface area contributed by atoms with E-state index in [-0.39, 0.29) is 0 Å². The zero-order valence-electron chi connectivity index (χ0n) is 10.4. The molecule has 0 fully saturated rings. The van der Waals surface area contributed by atoms with E-state index in [2.05, 4.69) is 64.3 Å². The number of halogens is 1. The average molecular weight is 293 g/mol. The van der Waals surface area contributed by atoms with Crippen LogP contribution in [0.2, 0.25) is 0 Å². The van der Waals surface area contributed by atoms with Crippen LogP contribution in [0.25, 0.3) is 11.3 Å². The highest BCUT2D eigenvalue weighted by atomic mass is 79.9. The van der Waals surface area contributed by atoms with Crippen molar-refractivity contribution in [2.75, 3.05) is 7.05 Å². The fraction of sp³-hybridized carbons (Fsp3) is 0.286. The second-order valence-corrected chi connectivity index (χ2v) is 5.24. The molecule has 2 nitrogen and oxygen atoms in total. The van der Waals surface area contributed by atoms with Crippen LogP contribution >= 0.6 is 15.9 Å². The summed E-state index contributed by atoms with van der Waals surface area (Å²) in [5, 5.41) is 3.19. The molecule has 0 atom stereocenters. The number of H-pyrrole nitrogens is 1. The van der Waals surface area contributed by atoms with Crippen LogP contribution in [0.15, 0.2) is 28.7 Å². The van der Waals surface area contributed by atoms with Crippen LogP contribution in [0.1, 0.15) is 16.8 Å². The van der Waals surface area contributed by atoms with Crippen molar-refractivity contribution in [2.45, 2.75) is 20.4 Å². The number of rotatable bonds is 3. The van der Waals surface area contributed by atoms with Gasteiger partial charge in [-0.3, -0.25) is 0 Å². The Balaban J connectivity index is 2.45. The normalized spacial score (nSPS) is 10.8. The van der Waals surface area contributed by atoms with Gasteiger partial charge >= 0.3 is 0 Å². The van der Waals surface area contributed by atoms with Crippen molar-refractivity contribution in [1.82, 2.24) is 10.3 Å². The molecule has 2 aromatic rings. The molecule has 0 spiro atoms. The zero-order chi connectivity index (χ0) is 12.4. The summed E-state index contributed by atoms with van der Waals surface area (Å²) in [4.78, 5) is 3.45. The summed E-state index contributed by atoms with van der Waals surface area (Å²) in [7, 11) is 1.97. The van der Waals surface area contributed by atoms with E-state index in [1.165, 1.54) is 28.1 Å². The number of aryl methyl sites for hydroxylation is 2. The van der Waals surface area contributed by atoms with Gasteiger partial charge in [0.2, 0.25) is 0 Å². The third-order valence-corrected chi connectivity index (χ3v) is 3.47. The summed E-state index contributed by atoms with van der Waals surface area (Å²) in [6, 6.07) is 8.58. The fourth-order valence-electron chi connectivity index (χ4n) is 2.00. The second kappa shape index (κ2) is 5.07. The standard InChI is InChI=1S/C14H17BrN2/c1-9-4-5-12(15)7-13(9)14-6-11(8-16-3)10(2)17-14/h4-7,16-17H,8H2,1-3H3. The van der Waals surface area contributed by atoms with Gasteiger partial charge in [0.05, 0.1) is 0 Å². The van der Waals surface area contributed by atoms with Crippen LogP contribution in [0, 0.1) is 13.8 Å². The second-order valence-electron chi connectivity index (χ2n) is 4.32. The van der Waals surface area contributed by atoms with Crippen molar-refractivity contribution in [2.24, 2.45) is 0 Å². The summed E-state index contributed by atoms with van der Waals surface area (Å²) < 4.78 is 1.11. The van der Waals surface area contributed by atoms with Crippen LogP contribution in [-0.4, -0.2) is 12.0 Å². The Morgan fingerprint density at radius 2 is 2.00 bits per heavy atom. The summed E-state index contributed by atoms with van der Waals surface area (Å²) in [6.45, 7) is 5.15. The summed E-state index contributed by atoms with van der Waals surface area (Å²) >= 11 is 3.52. The molecular formula is C14H17BrN2. The van der Waals surface area contributed by atoms with Gasteiger partial charge < -0.3 is 10.3 Å². The molecule has 0 saturated carbocycles. The maximum atomic E-state index is 3.52. The van der Waals surface area contributed by atoms with E-state index >= 15 is 0 Å². The highest BCUT2D eigenvalue weighted by Crippen LogP contribution is 2.27. The van der Waals surface area contributed by atoms with Gasteiger partial charge in [-0.25, -0.2) is 0 Å². The molecule has 17 heavy (non-hydrogen) atoms. The maximum Gasteiger partial charge on any atom is 0.0462 e. The molecule has 2 rings (SSSR count). The van der Waals surface area contributed by atoms with Gasteiger partial charge in [-0.15, -0.1) is 0 Å². The number of aromatic amines is 1. The molecule has 0 bridgehead atoms. The molecule has 0 radical (unpaired) electrons. The maximum absolute atomic E-state index is 3.52. The van der Waals surface area contributed by atoms with Gasteiger partial charge in [0.1, 0.15) is 0 Å². The third-order valence-electron chi connectivity index (χ3n) is 2.98. The van der Waals surface area contributed by atoms with E-state index in [1.54, 1.807) is 0 Å². The number of hydrogen-bond acceptors (Lipinski definition) is 1. The summed E-state index contributed by atoms with van der Waals surface area (Å²) in [5.74, 6) is 0. The van der Waals surface area contributed by atoms with Crippen LogP contribution in [0.5, 0.6) is 0 Å². The minimum atomic E-state index is 0.898. The number of aromatic nitrogens is 1. The van der Waals surface area contributed by atoms with Gasteiger partial charge in [0.15, 0.2) is 0 Å². The van der Waals surface area contributed by atoms with Gasteiger partial charge in [-0.05, 0) is 50.2 Å². The summed E-state index contributed by atoms with van der Waals surface area (Å²) in [5.41, 5.74) is 6.28. The molecule has 0 unspecified atom stereocenters. The van der Waals surface area contributed by atoms with Gasteiger partial charge in [-0.2, -0.15) is 0 Å². The van der Waals surface area contributed by atoms with E-state index < -0.39 is 0 Å². The first kappa shape index (κ1) is 12.4. The molecular weight excluding hydrogens is 276 g/mol. The molecule has 1 heterocycles. The number of nitrogens with one attached hydrogen (secondary N) is 2. The van der Waals surface area contributed by atoms with Crippen molar-refractivity contribution in [1.29, 1.82) is 0 Å². The van der Waals surface area contributed by atoms with Gasteiger partial charge in [0, 0.05) is 28.0 Å². The third kappa shape index (κ3) is 2.61. The largest absolute Gasteiger partial charge is 0.358 e. The first-order valence-corrected chi connectivity index (χ1v) is 6.50. The highest BCUT2D eigenvalue weighted by Gasteiger charge is 2.08. The molecule has 0 amide bonds. The molecule has 0 saturated heterocycles. The van der Waals surface area contributed by atoms with Crippen LogP contribution < -0.4 is 5.32 Å². The van der Waals surface area contributed by atoms with Crippen LogP contribution in [0.4, 0.5) is 0 Å². The van der Waals surface area contributed by atoms with Crippen molar-refractivity contribution < 1.29 is 0 Å². The van der Waals surface area contributed by atoms with Crippen LogP contribution in [-0.2, 0) is 6.54 Å². The fourth-order valence-corrected chi connectivity index (χ4v) is 2.37. The minimum Gasteiger partial charge on any atom is -0.358 e. The Morgan fingerprint density at radius 3 is 2.71 bits per heavy atom. The smallest absolute Gasteiger partial charge is 0.0462 e.